The van der Waals surface area contributed by atoms with E-state index in [1.807, 2.05) is 0 Å². The van der Waals surface area contributed by atoms with Crippen LogP contribution >= 0.6 is 15.9 Å². The van der Waals surface area contributed by atoms with Crippen LogP contribution < -0.4 is 19.1 Å². The summed E-state index contributed by atoms with van der Waals surface area (Å²) >= 11 is 3.36. The molecule has 0 unspecified atom stereocenters. The molecule has 0 aliphatic rings. The van der Waals surface area contributed by atoms with E-state index < -0.39 is 15.9 Å². The minimum atomic E-state index is -3.94. The van der Waals surface area contributed by atoms with Gasteiger partial charge in [-0.05, 0) is 54.6 Å². The fourth-order valence-electron chi connectivity index (χ4n) is 2.88. The molecule has 168 valence electrons. The van der Waals surface area contributed by atoms with Gasteiger partial charge in [0.05, 0.1) is 24.2 Å². The second-order valence-electron chi connectivity index (χ2n) is 6.68. The average Bonchev–Trinajstić information content (AvgIpc) is 2.81. The van der Waals surface area contributed by atoms with Crippen molar-refractivity contribution in [2.24, 2.45) is 0 Å². The van der Waals surface area contributed by atoms with Crippen molar-refractivity contribution in [3.05, 3.63) is 83.3 Å². The van der Waals surface area contributed by atoms with Gasteiger partial charge in [-0.2, -0.15) is 0 Å². The van der Waals surface area contributed by atoms with Crippen LogP contribution in [-0.4, -0.2) is 41.1 Å². The number of nitrogens with one attached hydrogen (secondary N) is 1. The highest BCUT2D eigenvalue weighted by atomic mass is 79.9. The van der Waals surface area contributed by atoms with Crippen molar-refractivity contribution in [3.63, 3.8) is 0 Å². The molecule has 0 saturated heterocycles. The number of carbonyl (C=O) groups excluding carboxylic acids is 1. The fraction of sp³-hybridized carbons (Fsp3) is 0.174. The quantitative estimate of drug-likeness (QED) is 0.412. The molecular formula is C23H23BrN2O5S. The second kappa shape index (κ2) is 11.0. The number of carbonyl (C=O) groups is 1. The largest absolute Gasteiger partial charge is 0.497 e. The van der Waals surface area contributed by atoms with Gasteiger partial charge < -0.3 is 14.8 Å². The molecule has 0 bridgehead atoms. The van der Waals surface area contributed by atoms with Gasteiger partial charge in [0.1, 0.15) is 24.7 Å². The first-order chi connectivity index (χ1) is 15.4. The molecule has 0 fully saturated rings. The number of benzene rings is 3. The fourth-order valence-corrected chi connectivity index (χ4v) is 4.70. The van der Waals surface area contributed by atoms with Gasteiger partial charge in [-0.3, -0.25) is 9.10 Å². The molecule has 1 amide bonds. The lowest BCUT2D eigenvalue weighted by atomic mass is 10.3. The highest BCUT2D eigenvalue weighted by molar-refractivity contribution is 9.10. The number of ether oxygens (including phenoxy) is 2. The molecule has 3 aromatic rings. The number of hydrogen-bond donors (Lipinski definition) is 1. The standard InChI is InChI=1S/C23H23BrN2O5S/c1-30-20-10-12-21(13-11-20)31-15-14-25-23(27)17-26(19-7-5-6-18(24)16-19)32(28,29)22-8-3-2-4-9-22/h2-13,16H,14-15,17H2,1H3,(H,25,27). The molecule has 0 aromatic heterocycles. The molecule has 3 aromatic carbocycles. The zero-order valence-electron chi connectivity index (χ0n) is 17.4. The lowest BCUT2D eigenvalue weighted by Gasteiger charge is -2.24. The van der Waals surface area contributed by atoms with E-state index in [-0.39, 0.29) is 24.6 Å². The van der Waals surface area contributed by atoms with Crippen molar-refractivity contribution < 1.29 is 22.7 Å². The molecule has 32 heavy (non-hydrogen) atoms. The van der Waals surface area contributed by atoms with Crippen molar-refractivity contribution in [1.29, 1.82) is 0 Å². The van der Waals surface area contributed by atoms with E-state index in [1.54, 1.807) is 73.8 Å². The molecule has 3 rings (SSSR count). The molecule has 0 radical (unpaired) electrons. The Hall–Kier alpha value is -3.04. The highest BCUT2D eigenvalue weighted by Crippen LogP contribution is 2.26. The maximum Gasteiger partial charge on any atom is 0.264 e. The third kappa shape index (κ3) is 6.24. The molecule has 0 saturated carbocycles. The third-order valence-corrected chi connectivity index (χ3v) is 6.75. The lowest BCUT2D eigenvalue weighted by molar-refractivity contribution is -0.119. The summed E-state index contributed by atoms with van der Waals surface area (Å²) in [6, 6.07) is 21.9. The Bertz CT molecular complexity index is 1140. The Labute approximate surface area is 196 Å². The van der Waals surface area contributed by atoms with Gasteiger partial charge in [-0.15, -0.1) is 0 Å². The second-order valence-corrected chi connectivity index (χ2v) is 9.46. The van der Waals surface area contributed by atoms with E-state index >= 15 is 0 Å². The Morgan fingerprint density at radius 2 is 1.66 bits per heavy atom. The SMILES string of the molecule is COc1ccc(OCCNC(=O)CN(c2cccc(Br)c2)S(=O)(=O)c2ccccc2)cc1. The van der Waals surface area contributed by atoms with Crippen LogP contribution in [-0.2, 0) is 14.8 Å². The van der Waals surface area contributed by atoms with Crippen LogP contribution in [0.3, 0.4) is 0 Å². The number of methoxy groups -OCH3 is 1. The number of amides is 1. The zero-order valence-corrected chi connectivity index (χ0v) is 19.8. The van der Waals surface area contributed by atoms with E-state index in [0.717, 1.165) is 10.1 Å². The number of rotatable bonds is 10. The van der Waals surface area contributed by atoms with Crippen LogP contribution in [0, 0.1) is 0 Å². The smallest absolute Gasteiger partial charge is 0.264 e. The molecule has 1 N–H and O–H groups in total. The minimum Gasteiger partial charge on any atom is -0.497 e. The van der Waals surface area contributed by atoms with E-state index in [0.29, 0.717) is 15.9 Å². The third-order valence-electron chi connectivity index (χ3n) is 4.47. The van der Waals surface area contributed by atoms with Crippen molar-refractivity contribution in [2.75, 3.05) is 31.1 Å². The predicted octanol–water partition coefficient (Wildman–Crippen LogP) is 3.85. The van der Waals surface area contributed by atoms with Crippen LogP contribution in [0.4, 0.5) is 5.69 Å². The molecule has 9 heteroatoms. The van der Waals surface area contributed by atoms with Gasteiger partial charge in [-0.25, -0.2) is 8.42 Å². The topological polar surface area (TPSA) is 84.9 Å². The van der Waals surface area contributed by atoms with Crippen molar-refractivity contribution in [3.8, 4) is 11.5 Å². The minimum absolute atomic E-state index is 0.107. The van der Waals surface area contributed by atoms with Gasteiger partial charge in [0.15, 0.2) is 0 Å². The van der Waals surface area contributed by atoms with Gasteiger partial charge in [-0.1, -0.05) is 40.2 Å². The molecule has 0 aliphatic heterocycles. The molecule has 0 spiro atoms. The molecular weight excluding hydrogens is 496 g/mol. The monoisotopic (exact) mass is 518 g/mol. The van der Waals surface area contributed by atoms with Crippen molar-refractivity contribution in [2.45, 2.75) is 4.90 Å². The van der Waals surface area contributed by atoms with Crippen LogP contribution in [0.2, 0.25) is 0 Å². The normalized spacial score (nSPS) is 10.9. The van der Waals surface area contributed by atoms with Crippen molar-refractivity contribution in [1.82, 2.24) is 5.32 Å². The van der Waals surface area contributed by atoms with E-state index in [1.165, 1.54) is 12.1 Å². The van der Waals surface area contributed by atoms with Gasteiger partial charge in [0.2, 0.25) is 5.91 Å². The summed E-state index contributed by atoms with van der Waals surface area (Å²) < 4.78 is 39.0. The van der Waals surface area contributed by atoms with Gasteiger partial charge in [0.25, 0.3) is 10.0 Å². The van der Waals surface area contributed by atoms with Crippen LogP contribution in [0.15, 0.2) is 88.2 Å². The number of nitrogens with zero attached hydrogens (tertiary/aromatic N) is 1. The summed E-state index contributed by atoms with van der Waals surface area (Å²) in [5, 5.41) is 2.71. The maximum absolute atomic E-state index is 13.2. The summed E-state index contributed by atoms with van der Waals surface area (Å²) in [5.41, 5.74) is 0.382. The van der Waals surface area contributed by atoms with Crippen LogP contribution in [0.1, 0.15) is 0 Å². The Morgan fingerprint density at radius 3 is 2.31 bits per heavy atom. The number of hydrogen-bond acceptors (Lipinski definition) is 5. The first kappa shape index (κ1) is 23.6. The molecule has 0 atom stereocenters. The van der Waals surface area contributed by atoms with E-state index in [4.69, 9.17) is 9.47 Å². The van der Waals surface area contributed by atoms with Crippen LogP contribution in [0.25, 0.3) is 0 Å². The summed E-state index contributed by atoms with van der Waals surface area (Å²) in [6.07, 6.45) is 0. The predicted molar refractivity (Wildman–Crippen MR) is 127 cm³/mol. The summed E-state index contributed by atoms with van der Waals surface area (Å²) in [4.78, 5) is 12.7. The summed E-state index contributed by atoms with van der Waals surface area (Å²) in [5.74, 6) is 0.920. The lowest BCUT2D eigenvalue weighted by Crippen LogP contribution is -2.41. The summed E-state index contributed by atoms with van der Waals surface area (Å²) in [7, 11) is -2.35. The Kier molecular flexibility index (Phi) is 8.13. The van der Waals surface area contributed by atoms with Crippen molar-refractivity contribution >= 4 is 37.5 Å². The number of sulfonamides is 1. The highest BCUT2D eigenvalue weighted by Gasteiger charge is 2.27. The zero-order chi connectivity index (χ0) is 23.0. The number of halogens is 1. The van der Waals surface area contributed by atoms with E-state index in [9.17, 15) is 13.2 Å². The van der Waals surface area contributed by atoms with Gasteiger partial charge in [0, 0.05) is 4.47 Å². The number of anilines is 1. The summed E-state index contributed by atoms with van der Waals surface area (Å²) in [6.45, 7) is 0.0964. The first-order valence-corrected chi connectivity index (χ1v) is 12.0. The van der Waals surface area contributed by atoms with Crippen LogP contribution in [0.5, 0.6) is 11.5 Å². The molecule has 7 nitrogen and oxygen atoms in total. The maximum atomic E-state index is 13.2. The Morgan fingerprint density at radius 1 is 0.969 bits per heavy atom. The average molecular weight is 519 g/mol. The molecule has 0 heterocycles. The first-order valence-electron chi connectivity index (χ1n) is 9.77. The molecule has 0 aliphatic carbocycles. The van der Waals surface area contributed by atoms with E-state index in [2.05, 4.69) is 21.2 Å². The van der Waals surface area contributed by atoms with Gasteiger partial charge >= 0.3 is 0 Å². The Balaban J connectivity index is 1.66.